The third-order valence-electron chi connectivity index (χ3n) is 4.90. The van der Waals surface area contributed by atoms with Gasteiger partial charge in [0, 0.05) is 13.2 Å². The van der Waals surface area contributed by atoms with Crippen LogP contribution < -0.4 is 19.7 Å². The Bertz CT molecular complexity index is 1180. The van der Waals surface area contributed by atoms with E-state index in [2.05, 4.69) is 25.1 Å². The van der Waals surface area contributed by atoms with Crippen LogP contribution >= 0.6 is 12.2 Å². The van der Waals surface area contributed by atoms with Crippen LogP contribution in [0.15, 0.2) is 48.9 Å². The molecule has 0 amide bonds. The minimum absolute atomic E-state index is 0.00305. The summed E-state index contributed by atoms with van der Waals surface area (Å²) in [6, 6.07) is 8.51. The highest BCUT2D eigenvalue weighted by molar-refractivity contribution is 7.80. The lowest BCUT2D eigenvalue weighted by Gasteiger charge is -2.22. The van der Waals surface area contributed by atoms with E-state index in [4.69, 9.17) is 17.0 Å². The van der Waals surface area contributed by atoms with Crippen molar-refractivity contribution < 1.29 is 27.4 Å². The second-order valence-corrected chi connectivity index (χ2v) is 7.77. The molecule has 3 aromatic rings. The van der Waals surface area contributed by atoms with Gasteiger partial charge in [-0.15, -0.1) is 18.3 Å². The molecule has 1 aliphatic heterocycles. The number of rotatable bonds is 7. The fourth-order valence-corrected chi connectivity index (χ4v) is 3.49. The van der Waals surface area contributed by atoms with Crippen molar-refractivity contribution >= 4 is 28.8 Å². The lowest BCUT2D eigenvalue weighted by molar-refractivity contribution is -0.274. The molecule has 0 saturated heterocycles. The number of hydrogen-bond acceptors (Lipinski definition) is 8. The third kappa shape index (κ3) is 5.66. The Balaban J connectivity index is 1.33. The van der Waals surface area contributed by atoms with E-state index in [1.54, 1.807) is 30.3 Å². The minimum Gasteiger partial charge on any atom is -0.488 e. The number of aromatic nitrogens is 4. The first-order valence-corrected chi connectivity index (χ1v) is 10.5. The van der Waals surface area contributed by atoms with Crippen molar-refractivity contribution in [3.8, 4) is 11.5 Å². The van der Waals surface area contributed by atoms with Crippen LogP contribution in [0.5, 0.6) is 11.5 Å². The van der Waals surface area contributed by atoms with Crippen molar-refractivity contribution in [2.24, 2.45) is 0 Å². The molecule has 0 saturated carbocycles. The van der Waals surface area contributed by atoms with Crippen LogP contribution in [0.4, 0.5) is 19.0 Å². The van der Waals surface area contributed by atoms with E-state index in [0.717, 1.165) is 0 Å². The van der Waals surface area contributed by atoms with E-state index in [-0.39, 0.29) is 37.1 Å². The van der Waals surface area contributed by atoms with Crippen LogP contribution in [0.3, 0.4) is 0 Å². The van der Waals surface area contributed by atoms with Gasteiger partial charge in [0.2, 0.25) is 11.6 Å². The second kappa shape index (κ2) is 9.73. The first-order chi connectivity index (χ1) is 16.2. The molecular weight excluding hydrogens is 473 g/mol. The van der Waals surface area contributed by atoms with E-state index < -0.39 is 12.4 Å². The number of ketones is 1. The van der Waals surface area contributed by atoms with Crippen LogP contribution in [-0.2, 0) is 6.54 Å². The van der Waals surface area contributed by atoms with Crippen molar-refractivity contribution in [3.05, 3.63) is 60.3 Å². The number of fused-ring (bicyclic) bond motifs is 1. The zero-order chi connectivity index (χ0) is 24.3. The van der Waals surface area contributed by atoms with Crippen LogP contribution in [0.25, 0.3) is 0 Å². The van der Waals surface area contributed by atoms with Gasteiger partial charge < -0.3 is 14.4 Å². The maximum Gasteiger partial charge on any atom is 0.573 e. The zero-order valence-corrected chi connectivity index (χ0v) is 18.6. The second-order valence-electron chi connectivity index (χ2n) is 7.35. The van der Waals surface area contributed by atoms with Crippen LogP contribution in [0.1, 0.15) is 16.2 Å². The highest BCUT2D eigenvalue weighted by Crippen LogP contribution is 2.28. The van der Waals surface area contributed by atoms with Gasteiger partial charge in [0.15, 0.2) is 11.6 Å². The number of Topliss-reactive ketones (excluding diaryl/α,β-unsaturated/α-hetero) is 1. The van der Waals surface area contributed by atoms with E-state index in [0.29, 0.717) is 22.1 Å². The average molecular weight is 492 g/mol. The summed E-state index contributed by atoms with van der Waals surface area (Å²) >= 11 is 5.52. The molecule has 1 N–H and O–H groups in total. The molecule has 4 rings (SSSR count). The number of nitrogens with zero attached hydrogens (tertiary/aromatic N) is 5. The van der Waals surface area contributed by atoms with Crippen LogP contribution in [0.2, 0.25) is 0 Å². The van der Waals surface area contributed by atoms with E-state index in [9.17, 15) is 18.0 Å². The van der Waals surface area contributed by atoms with Gasteiger partial charge in [-0.05, 0) is 29.8 Å². The maximum absolute atomic E-state index is 12.6. The van der Waals surface area contributed by atoms with Gasteiger partial charge in [-0.25, -0.2) is 14.6 Å². The van der Waals surface area contributed by atoms with Crippen LogP contribution in [-0.4, -0.2) is 63.1 Å². The molecule has 0 bridgehead atoms. The number of alkyl halides is 3. The Hall–Kier alpha value is -3.58. The Morgan fingerprint density at radius 3 is 2.76 bits per heavy atom. The van der Waals surface area contributed by atoms with Gasteiger partial charge >= 0.3 is 6.36 Å². The quantitative estimate of drug-likeness (QED) is 0.395. The van der Waals surface area contributed by atoms with E-state index in [1.165, 1.54) is 35.3 Å². The summed E-state index contributed by atoms with van der Waals surface area (Å²) in [7, 11) is 1.78. The molecule has 1 aliphatic rings. The van der Waals surface area contributed by atoms with Gasteiger partial charge in [-0.3, -0.25) is 10.1 Å². The maximum atomic E-state index is 12.6. The van der Waals surface area contributed by atoms with Gasteiger partial charge in [-0.1, -0.05) is 24.4 Å². The minimum atomic E-state index is -4.75. The molecule has 178 valence electrons. The van der Waals surface area contributed by atoms with Crippen molar-refractivity contribution in [2.45, 2.75) is 18.9 Å². The molecule has 13 heteroatoms. The zero-order valence-electron chi connectivity index (χ0n) is 17.8. The summed E-state index contributed by atoms with van der Waals surface area (Å²) < 4.78 is 47.9. The molecule has 1 aromatic carbocycles. The standard InChI is InChI=1S/C21H19F3N6O3S/c1-29-19-17(3-2-8-25-19)32-11-15(20(29)34)26-9-16(31)18-27-12-30(28-18)10-13-4-6-14(7-5-13)33-21(22,23)24/h2-8,12,15,26H,9-11H2,1H3/t15-/m0/s1. The molecule has 0 unspecified atom stereocenters. The van der Waals surface area contributed by atoms with Crippen molar-refractivity contribution in [1.29, 1.82) is 0 Å². The number of carbonyl (C=O) groups is 1. The highest BCUT2D eigenvalue weighted by atomic mass is 32.1. The van der Waals surface area contributed by atoms with Gasteiger partial charge in [0.1, 0.15) is 23.7 Å². The summed E-state index contributed by atoms with van der Waals surface area (Å²) in [6.07, 6.45) is -1.73. The molecular formula is C21H19F3N6O3S. The normalized spacial score (nSPS) is 15.9. The smallest absolute Gasteiger partial charge is 0.488 e. The number of benzene rings is 1. The third-order valence-corrected chi connectivity index (χ3v) is 5.46. The van der Waals surface area contributed by atoms with Crippen LogP contribution in [0, 0.1) is 0 Å². The lowest BCUT2D eigenvalue weighted by Crippen LogP contribution is -2.47. The van der Waals surface area contributed by atoms with Gasteiger partial charge in [0.25, 0.3) is 0 Å². The van der Waals surface area contributed by atoms with Gasteiger partial charge in [0.05, 0.1) is 19.1 Å². The first kappa shape index (κ1) is 23.6. The fraction of sp³-hybridized carbons (Fsp3) is 0.286. The molecule has 34 heavy (non-hydrogen) atoms. The molecule has 0 radical (unpaired) electrons. The number of anilines is 1. The number of nitrogens with one attached hydrogen (secondary N) is 1. The number of likely N-dealkylation sites (N-methyl/N-ethyl adjacent to an activating group) is 1. The summed E-state index contributed by atoms with van der Waals surface area (Å²) in [5.41, 5.74) is 0.661. The summed E-state index contributed by atoms with van der Waals surface area (Å²) in [5, 5.41) is 7.23. The van der Waals surface area contributed by atoms with Gasteiger partial charge in [-0.2, -0.15) is 0 Å². The molecule has 0 fully saturated rings. The largest absolute Gasteiger partial charge is 0.573 e. The number of carbonyl (C=O) groups excluding carboxylic acids is 1. The summed E-state index contributed by atoms with van der Waals surface area (Å²) in [6.45, 7) is 0.376. The topological polar surface area (TPSA) is 94.4 Å². The van der Waals surface area contributed by atoms with Crippen molar-refractivity contribution in [3.63, 3.8) is 0 Å². The first-order valence-electron chi connectivity index (χ1n) is 10.1. The molecule has 2 aromatic heterocycles. The predicted molar refractivity (Wildman–Crippen MR) is 119 cm³/mol. The summed E-state index contributed by atoms with van der Waals surface area (Å²) in [5.74, 6) is 0.533. The molecule has 0 aliphatic carbocycles. The average Bonchev–Trinajstić information content (AvgIpc) is 3.23. The monoisotopic (exact) mass is 492 g/mol. The number of pyridine rings is 1. The Morgan fingerprint density at radius 2 is 2.03 bits per heavy atom. The molecule has 3 heterocycles. The Labute approximate surface area is 197 Å². The van der Waals surface area contributed by atoms with E-state index in [1.807, 2.05) is 0 Å². The number of hydrogen-bond donors (Lipinski definition) is 1. The van der Waals surface area contributed by atoms with E-state index >= 15 is 0 Å². The lowest BCUT2D eigenvalue weighted by atomic mass is 10.2. The number of thiocarbonyl (C=S) groups is 1. The fourth-order valence-electron chi connectivity index (χ4n) is 3.25. The molecule has 0 spiro atoms. The Morgan fingerprint density at radius 1 is 1.26 bits per heavy atom. The highest BCUT2D eigenvalue weighted by Gasteiger charge is 2.31. The van der Waals surface area contributed by atoms with Crippen molar-refractivity contribution in [1.82, 2.24) is 25.1 Å². The molecule has 9 nitrogen and oxygen atoms in total. The number of ether oxygens (including phenoxy) is 2. The predicted octanol–water partition coefficient (Wildman–Crippen LogP) is 2.62. The summed E-state index contributed by atoms with van der Waals surface area (Å²) in [4.78, 5) is 23.2. The SMILES string of the molecule is CN1C(=S)[C@@H](NCC(=O)c2ncn(Cc3ccc(OC(F)(F)F)cc3)n2)COc2cccnc21. The number of halogens is 3. The molecule has 1 atom stereocenters. The van der Waals surface area contributed by atoms with Crippen molar-refractivity contribution in [2.75, 3.05) is 25.1 Å². The Kier molecular flexibility index (Phi) is 6.75.